The van der Waals surface area contributed by atoms with Crippen molar-refractivity contribution in [2.24, 2.45) is 5.73 Å². The molecule has 0 amide bonds. The summed E-state index contributed by atoms with van der Waals surface area (Å²) in [6.07, 6.45) is 0. The molecule has 2 N–H and O–H groups in total. The van der Waals surface area contributed by atoms with Gasteiger partial charge in [0.25, 0.3) is 0 Å². The number of benzene rings is 1. The summed E-state index contributed by atoms with van der Waals surface area (Å²) in [6.45, 7) is 0.139. The third-order valence-electron chi connectivity index (χ3n) is 1.83. The lowest BCUT2D eigenvalue weighted by atomic mass is 10.2. The van der Waals surface area contributed by atoms with E-state index in [2.05, 4.69) is 12.6 Å². The fourth-order valence-corrected chi connectivity index (χ4v) is 1.29. The molecule has 82 valence electrons. The van der Waals surface area contributed by atoms with Crippen LogP contribution < -0.4 is 5.73 Å². The second-order valence-electron chi connectivity index (χ2n) is 2.99. The van der Waals surface area contributed by atoms with E-state index in [0.717, 1.165) is 5.56 Å². The average Bonchev–Trinajstić information content (AvgIpc) is 2.26. The van der Waals surface area contributed by atoms with Crippen LogP contribution in [0.5, 0.6) is 0 Å². The number of carbonyl (C=O) groups excluding carboxylic acids is 1. The Hall–Kier alpha value is -0.710. The Morgan fingerprint density at radius 1 is 1.53 bits per heavy atom. The lowest BCUT2D eigenvalue weighted by Gasteiger charge is -2.09. The Kier molecular flexibility index (Phi) is 4.94. The number of rotatable bonds is 4. The maximum absolute atomic E-state index is 11.2. The number of halogens is 1. The van der Waals surface area contributed by atoms with Gasteiger partial charge in [-0.15, -0.1) is 0 Å². The second-order valence-corrected chi connectivity index (χ2v) is 3.76. The minimum atomic E-state index is -0.684. The van der Waals surface area contributed by atoms with Crippen LogP contribution in [0, 0.1) is 0 Å². The molecule has 0 aliphatic carbocycles. The van der Waals surface area contributed by atoms with Crippen molar-refractivity contribution in [2.75, 3.05) is 5.75 Å². The molecule has 0 saturated carbocycles. The smallest absolute Gasteiger partial charge is 0.324 e. The second kappa shape index (κ2) is 6.00. The molecule has 1 unspecified atom stereocenters. The predicted molar refractivity (Wildman–Crippen MR) is 63.1 cm³/mol. The summed E-state index contributed by atoms with van der Waals surface area (Å²) in [5.41, 5.74) is 6.20. The summed E-state index contributed by atoms with van der Waals surface area (Å²) in [4.78, 5) is 11.2. The van der Waals surface area contributed by atoms with E-state index in [0.29, 0.717) is 5.02 Å². The van der Waals surface area contributed by atoms with E-state index in [1.165, 1.54) is 0 Å². The Bertz CT molecular complexity index is 346. The zero-order valence-corrected chi connectivity index (χ0v) is 9.67. The summed E-state index contributed by atoms with van der Waals surface area (Å²) in [7, 11) is 0. The average molecular weight is 246 g/mol. The number of thiol groups is 1. The molecule has 0 aliphatic heterocycles. The van der Waals surface area contributed by atoms with Gasteiger partial charge in [-0.2, -0.15) is 12.6 Å². The molecule has 5 heteroatoms. The van der Waals surface area contributed by atoms with Gasteiger partial charge in [0, 0.05) is 16.3 Å². The summed E-state index contributed by atoms with van der Waals surface area (Å²) >= 11 is 9.79. The van der Waals surface area contributed by atoms with E-state index in [4.69, 9.17) is 22.1 Å². The highest BCUT2D eigenvalue weighted by atomic mass is 35.5. The maximum Gasteiger partial charge on any atom is 0.324 e. The summed E-state index contributed by atoms with van der Waals surface area (Å²) in [6, 6.07) is 6.49. The van der Waals surface area contributed by atoms with Gasteiger partial charge in [0.2, 0.25) is 0 Å². The van der Waals surface area contributed by atoms with Crippen molar-refractivity contribution in [3.8, 4) is 0 Å². The molecule has 0 aliphatic rings. The molecule has 0 aromatic heterocycles. The van der Waals surface area contributed by atoms with E-state index < -0.39 is 12.0 Å². The highest BCUT2D eigenvalue weighted by molar-refractivity contribution is 7.80. The zero-order valence-electron chi connectivity index (χ0n) is 8.02. The molecule has 3 nitrogen and oxygen atoms in total. The fourth-order valence-electron chi connectivity index (χ4n) is 0.946. The van der Waals surface area contributed by atoms with Gasteiger partial charge in [-0.1, -0.05) is 29.8 Å². The van der Waals surface area contributed by atoms with Crippen LogP contribution in [-0.4, -0.2) is 17.8 Å². The van der Waals surface area contributed by atoms with Gasteiger partial charge in [-0.05, 0) is 6.07 Å². The van der Waals surface area contributed by atoms with Gasteiger partial charge in [0.1, 0.15) is 12.6 Å². The van der Waals surface area contributed by atoms with Gasteiger partial charge in [0.15, 0.2) is 0 Å². The molecular weight excluding hydrogens is 234 g/mol. The number of hydrogen-bond acceptors (Lipinski definition) is 4. The van der Waals surface area contributed by atoms with Gasteiger partial charge < -0.3 is 10.5 Å². The summed E-state index contributed by atoms with van der Waals surface area (Å²) < 4.78 is 4.96. The van der Waals surface area contributed by atoms with Crippen LogP contribution in [0.25, 0.3) is 0 Å². The van der Waals surface area contributed by atoms with Crippen LogP contribution in [0.15, 0.2) is 24.3 Å². The molecule has 1 rings (SSSR count). The monoisotopic (exact) mass is 245 g/mol. The van der Waals surface area contributed by atoms with Gasteiger partial charge in [-0.25, -0.2) is 0 Å². The minimum Gasteiger partial charge on any atom is -0.460 e. The van der Waals surface area contributed by atoms with Crippen molar-refractivity contribution in [3.05, 3.63) is 34.9 Å². The van der Waals surface area contributed by atoms with Crippen molar-refractivity contribution in [1.29, 1.82) is 0 Å². The Labute approximate surface area is 99.0 Å². The summed E-state index contributed by atoms with van der Waals surface area (Å²) in [5.74, 6) is -0.202. The van der Waals surface area contributed by atoms with E-state index in [-0.39, 0.29) is 12.4 Å². The molecule has 0 heterocycles. The first-order valence-electron chi connectivity index (χ1n) is 4.41. The standard InChI is InChI=1S/C10H12ClNO2S/c11-8-4-2-1-3-7(8)5-14-10(13)9(12)6-15/h1-4,9,15H,5-6,12H2. The third-order valence-corrected chi connectivity index (χ3v) is 2.59. The highest BCUT2D eigenvalue weighted by Gasteiger charge is 2.13. The lowest BCUT2D eigenvalue weighted by molar-refractivity contribution is -0.145. The van der Waals surface area contributed by atoms with Gasteiger partial charge in [-0.3, -0.25) is 4.79 Å². The Morgan fingerprint density at radius 2 is 2.20 bits per heavy atom. The topological polar surface area (TPSA) is 52.3 Å². The van der Waals surface area contributed by atoms with E-state index >= 15 is 0 Å². The zero-order chi connectivity index (χ0) is 11.3. The van der Waals surface area contributed by atoms with Crippen LogP contribution in [-0.2, 0) is 16.1 Å². The minimum absolute atomic E-state index is 0.139. The molecule has 0 radical (unpaired) electrons. The first-order valence-corrected chi connectivity index (χ1v) is 5.42. The summed E-state index contributed by atoms with van der Waals surface area (Å²) in [5, 5.41) is 0.574. The number of ether oxygens (including phenoxy) is 1. The number of carbonyl (C=O) groups is 1. The van der Waals surface area contributed by atoms with E-state index in [1.54, 1.807) is 12.1 Å². The van der Waals surface area contributed by atoms with Crippen molar-refractivity contribution < 1.29 is 9.53 Å². The van der Waals surface area contributed by atoms with Crippen LogP contribution in [0.4, 0.5) is 0 Å². The maximum atomic E-state index is 11.2. The van der Waals surface area contributed by atoms with Crippen LogP contribution >= 0.6 is 24.2 Å². The van der Waals surface area contributed by atoms with E-state index in [9.17, 15) is 4.79 Å². The quantitative estimate of drug-likeness (QED) is 0.626. The van der Waals surface area contributed by atoms with Gasteiger partial charge >= 0.3 is 5.97 Å². The first-order chi connectivity index (χ1) is 7.15. The lowest BCUT2D eigenvalue weighted by Crippen LogP contribution is -2.33. The number of nitrogens with two attached hydrogens (primary N) is 1. The van der Waals surface area contributed by atoms with Crippen molar-refractivity contribution in [2.45, 2.75) is 12.6 Å². The molecule has 1 aromatic rings. The van der Waals surface area contributed by atoms with Crippen LogP contribution in [0.3, 0.4) is 0 Å². The fraction of sp³-hybridized carbons (Fsp3) is 0.300. The van der Waals surface area contributed by atoms with Crippen molar-refractivity contribution >= 4 is 30.2 Å². The molecular formula is C10H12ClNO2S. The normalized spacial score (nSPS) is 12.2. The van der Waals surface area contributed by atoms with Crippen molar-refractivity contribution in [3.63, 3.8) is 0 Å². The Morgan fingerprint density at radius 3 is 2.80 bits per heavy atom. The van der Waals surface area contributed by atoms with Crippen LogP contribution in [0.2, 0.25) is 5.02 Å². The molecule has 0 spiro atoms. The third kappa shape index (κ3) is 3.74. The first kappa shape index (κ1) is 12.4. The van der Waals surface area contributed by atoms with Crippen molar-refractivity contribution in [1.82, 2.24) is 0 Å². The molecule has 1 aromatic carbocycles. The number of esters is 1. The SMILES string of the molecule is NC(CS)C(=O)OCc1ccccc1Cl. The van der Waals surface area contributed by atoms with Gasteiger partial charge in [0.05, 0.1) is 0 Å². The van der Waals surface area contributed by atoms with E-state index in [1.807, 2.05) is 12.1 Å². The highest BCUT2D eigenvalue weighted by Crippen LogP contribution is 2.15. The Balaban J connectivity index is 2.51. The molecule has 0 saturated heterocycles. The molecule has 0 fully saturated rings. The van der Waals surface area contributed by atoms with Crippen LogP contribution in [0.1, 0.15) is 5.56 Å². The number of hydrogen-bond donors (Lipinski definition) is 2. The predicted octanol–water partition coefficient (Wildman–Crippen LogP) is 1.64. The molecule has 1 atom stereocenters. The molecule has 0 bridgehead atoms. The largest absolute Gasteiger partial charge is 0.460 e. The molecule has 15 heavy (non-hydrogen) atoms.